The monoisotopic (exact) mass is 279 g/mol. The van der Waals surface area contributed by atoms with Crippen molar-refractivity contribution < 1.29 is 9.50 Å². The zero-order chi connectivity index (χ0) is 14.4. The maximum atomic E-state index is 13.6. The third-order valence-electron chi connectivity index (χ3n) is 3.53. The Balaban J connectivity index is 2.07. The van der Waals surface area contributed by atoms with Gasteiger partial charge in [-0.15, -0.1) is 0 Å². The van der Waals surface area contributed by atoms with Gasteiger partial charge in [0.15, 0.2) is 11.6 Å². The molecule has 0 fully saturated rings. The lowest BCUT2D eigenvalue weighted by molar-refractivity contribution is 0.439. The van der Waals surface area contributed by atoms with Gasteiger partial charge in [-0.05, 0) is 30.3 Å². The summed E-state index contributed by atoms with van der Waals surface area (Å²) in [6.45, 7) is 0. The van der Waals surface area contributed by atoms with Crippen molar-refractivity contribution in [1.29, 1.82) is 0 Å². The molecule has 0 radical (unpaired) electrons. The number of aromatic nitrogens is 3. The van der Waals surface area contributed by atoms with Crippen molar-refractivity contribution in [3.8, 4) is 17.0 Å². The molecule has 0 aliphatic rings. The van der Waals surface area contributed by atoms with Crippen molar-refractivity contribution in [3.05, 3.63) is 54.7 Å². The van der Waals surface area contributed by atoms with E-state index in [-0.39, 0.29) is 5.75 Å². The van der Waals surface area contributed by atoms with Gasteiger partial charge in [-0.1, -0.05) is 0 Å². The van der Waals surface area contributed by atoms with Gasteiger partial charge in [0, 0.05) is 23.3 Å². The van der Waals surface area contributed by atoms with E-state index in [0.717, 1.165) is 22.2 Å². The number of benzene rings is 1. The Morgan fingerprint density at radius 1 is 1.10 bits per heavy atom. The Kier molecular flexibility index (Phi) is 2.41. The Morgan fingerprint density at radius 2 is 2.00 bits per heavy atom. The van der Waals surface area contributed by atoms with Crippen molar-refractivity contribution in [2.75, 3.05) is 0 Å². The first-order chi connectivity index (χ1) is 10.2. The molecule has 21 heavy (non-hydrogen) atoms. The standard InChI is InChI=1S/C16H10FN3O/c17-11-3-4-12-15(16(11)21)10-6-13(19-8-14(10)20-12)9-2-1-5-18-7-9/h1-8,20-21H. The number of pyridine rings is 2. The summed E-state index contributed by atoms with van der Waals surface area (Å²) >= 11 is 0. The lowest BCUT2D eigenvalue weighted by Gasteiger charge is -2.01. The first-order valence-corrected chi connectivity index (χ1v) is 6.43. The summed E-state index contributed by atoms with van der Waals surface area (Å²) in [5, 5.41) is 11.2. The minimum atomic E-state index is -0.636. The van der Waals surface area contributed by atoms with Crippen LogP contribution in [0.2, 0.25) is 0 Å². The molecule has 4 aromatic rings. The first-order valence-electron chi connectivity index (χ1n) is 6.43. The number of phenols is 1. The molecule has 0 atom stereocenters. The van der Waals surface area contributed by atoms with E-state index < -0.39 is 5.82 Å². The van der Waals surface area contributed by atoms with Crippen LogP contribution in [0.4, 0.5) is 4.39 Å². The summed E-state index contributed by atoms with van der Waals surface area (Å²) < 4.78 is 13.6. The highest BCUT2D eigenvalue weighted by Gasteiger charge is 2.13. The molecule has 0 aliphatic carbocycles. The fourth-order valence-electron chi connectivity index (χ4n) is 2.52. The van der Waals surface area contributed by atoms with Gasteiger partial charge in [-0.2, -0.15) is 0 Å². The molecule has 5 heteroatoms. The van der Waals surface area contributed by atoms with Crippen LogP contribution in [0.25, 0.3) is 33.1 Å². The predicted molar refractivity (Wildman–Crippen MR) is 78.5 cm³/mol. The van der Waals surface area contributed by atoms with E-state index in [1.165, 1.54) is 6.07 Å². The smallest absolute Gasteiger partial charge is 0.165 e. The van der Waals surface area contributed by atoms with Gasteiger partial charge in [0.1, 0.15) is 0 Å². The molecule has 1 aromatic carbocycles. The second kappa shape index (κ2) is 4.28. The van der Waals surface area contributed by atoms with Gasteiger partial charge in [0.2, 0.25) is 0 Å². The molecule has 0 unspecified atom stereocenters. The number of phenolic OH excluding ortho intramolecular Hbond substituents is 1. The molecular formula is C16H10FN3O. The Labute approximate surface area is 118 Å². The minimum Gasteiger partial charge on any atom is -0.504 e. The van der Waals surface area contributed by atoms with Crippen LogP contribution in [0.3, 0.4) is 0 Å². The van der Waals surface area contributed by atoms with Crippen LogP contribution in [0.5, 0.6) is 5.75 Å². The van der Waals surface area contributed by atoms with Crippen LogP contribution in [0.1, 0.15) is 0 Å². The molecule has 0 amide bonds. The van der Waals surface area contributed by atoms with Gasteiger partial charge in [0.25, 0.3) is 0 Å². The number of H-pyrrole nitrogens is 1. The molecule has 0 saturated heterocycles. The van der Waals surface area contributed by atoms with E-state index >= 15 is 0 Å². The lowest BCUT2D eigenvalue weighted by Crippen LogP contribution is -1.84. The molecule has 4 rings (SSSR count). The molecule has 2 N–H and O–H groups in total. The molecule has 0 bridgehead atoms. The summed E-state index contributed by atoms with van der Waals surface area (Å²) in [7, 11) is 0. The van der Waals surface area contributed by atoms with Gasteiger partial charge in [0.05, 0.1) is 28.3 Å². The largest absolute Gasteiger partial charge is 0.504 e. The van der Waals surface area contributed by atoms with Gasteiger partial charge >= 0.3 is 0 Å². The van der Waals surface area contributed by atoms with Gasteiger partial charge in [-0.25, -0.2) is 4.39 Å². The third kappa shape index (κ3) is 1.74. The van der Waals surface area contributed by atoms with Crippen LogP contribution in [0, 0.1) is 5.82 Å². The van der Waals surface area contributed by atoms with Crippen LogP contribution < -0.4 is 0 Å². The Morgan fingerprint density at radius 3 is 2.81 bits per heavy atom. The fourth-order valence-corrected chi connectivity index (χ4v) is 2.52. The lowest BCUT2D eigenvalue weighted by atomic mass is 10.1. The van der Waals surface area contributed by atoms with Crippen LogP contribution >= 0.6 is 0 Å². The summed E-state index contributed by atoms with van der Waals surface area (Å²) in [5.41, 5.74) is 3.01. The number of hydrogen-bond donors (Lipinski definition) is 2. The Bertz CT molecular complexity index is 964. The number of nitrogens with one attached hydrogen (secondary N) is 1. The number of aromatic hydroxyl groups is 1. The molecule has 3 aromatic heterocycles. The van der Waals surface area contributed by atoms with Crippen molar-refractivity contribution in [2.24, 2.45) is 0 Å². The molecule has 3 heterocycles. The maximum absolute atomic E-state index is 13.6. The highest BCUT2D eigenvalue weighted by molar-refractivity contribution is 6.10. The van der Waals surface area contributed by atoms with Crippen LogP contribution in [-0.4, -0.2) is 20.1 Å². The fraction of sp³-hybridized carbons (Fsp3) is 0. The number of nitrogens with zero attached hydrogens (tertiary/aromatic N) is 2. The summed E-state index contributed by atoms with van der Waals surface area (Å²) in [6, 6.07) is 8.39. The Hall–Kier alpha value is -2.95. The van der Waals surface area contributed by atoms with Crippen LogP contribution in [-0.2, 0) is 0 Å². The van der Waals surface area contributed by atoms with E-state index in [9.17, 15) is 9.50 Å². The number of halogens is 1. The third-order valence-corrected chi connectivity index (χ3v) is 3.53. The summed E-state index contributed by atoms with van der Waals surface area (Å²) in [6.07, 6.45) is 5.08. The second-order valence-electron chi connectivity index (χ2n) is 4.80. The summed E-state index contributed by atoms with van der Waals surface area (Å²) in [5.74, 6) is -0.981. The molecule has 4 nitrogen and oxygen atoms in total. The van der Waals surface area contributed by atoms with Gasteiger partial charge < -0.3 is 10.1 Å². The highest BCUT2D eigenvalue weighted by Crippen LogP contribution is 2.35. The normalized spacial score (nSPS) is 11.3. The zero-order valence-electron chi connectivity index (χ0n) is 10.8. The van der Waals surface area contributed by atoms with E-state index in [2.05, 4.69) is 15.0 Å². The van der Waals surface area contributed by atoms with Crippen LogP contribution in [0.15, 0.2) is 48.9 Å². The first kappa shape index (κ1) is 11.8. The van der Waals surface area contributed by atoms with E-state index in [1.54, 1.807) is 24.7 Å². The maximum Gasteiger partial charge on any atom is 0.165 e. The highest BCUT2D eigenvalue weighted by atomic mass is 19.1. The quantitative estimate of drug-likeness (QED) is 0.559. The van der Waals surface area contributed by atoms with E-state index in [0.29, 0.717) is 10.9 Å². The van der Waals surface area contributed by atoms with Gasteiger partial charge in [-0.3, -0.25) is 9.97 Å². The van der Waals surface area contributed by atoms with E-state index in [4.69, 9.17) is 0 Å². The topological polar surface area (TPSA) is 61.8 Å². The molecule has 0 saturated carbocycles. The number of aromatic amines is 1. The van der Waals surface area contributed by atoms with Crippen molar-refractivity contribution in [1.82, 2.24) is 15.0 Å². The average Bonchev–Trinajstić information content (AvgIpc) is 2.90. The van der Waals surface area contributed by atoms with Crippen molar-refractivity contribution in [3.63, 3.8) is 0 Å². The second-order valence-corrected chi connectivity index (χ2v) is 4.80. The number of fused-ring (bicyclic) bond motifs is 3. The molecular weight excluding hydrogens is 269 g/mol. The SMILES string of the molecule is Oc1c(F)ccc2[nH]c3cnc(-c4cccnc4)cc3c12. The zero-order valence-corrected chi connectivity index (χ0v) is 10.8. The molecule has 0 aliphatic heterocycles. The average molecular weight is 279 g/mol. The molecule has 102 valence electrons. The van der Waals surface area contributed by atoms with E-state index in [1.807, 2.05) is 18.2 Å². The predicted octanol–water partition coefficient (Wildman–Crippen LogP) is 3.62. The number of rotatable bonds is 1. The van der Waals surface area contributed by atoms with Crippen molar-refractivity contribution >= 4 is 21.8 Å². The number of hydrogen-bond acceptors (Lipinski definition) is 3. The minimum absolute atomic E-state index is 0.345. The molecule has 0 spiro atoms. The summed E-state index contributed by atoms with van der Waals surface area (Å²) in [4.78, 5) is 11.6. The van der Waals surface area contributed by atoms with Crippen molar-refractivity contribution in [2.45, 2.75) is 0 Å².